The first kappa shape index (κ1) is 15.0. The summed E-state index contributed by atoms with van der Waals surface area (Å²) in [5, 5.41) is 12.1. The highest BCUT2D eigenvalue weighted by Gasteiger charge is 2.24. The van der Waals surface area contributed by atoms with E-state index in [1.54, 1.807) is 7.11 Å². The van der Waals surface area contributed by atoms with Crippen LogP contribution in [0, 0.1) is 0 Å². The van der Waals surface area contributed by atoms with E-state index in [-0.39, 0.29) is 0 Å². The van der Waals surface area contributed by atoms with Gasteiger partial charge in [-0.1, -0.05) is 30.3 Å². The van der Waals surface area contributed by atoms with Gasteiger partial charge in [0.05, 0.1) is 24.5 Å². The fourth-order valence-corrected chi connectivity index (χ4v) is 3.47. The highest BCUT2D eigenvalue weighted by atomic mass is 16.5. The maximum absolute atomic E-state index is 5.49. The van der Waals surface area contributed by atoms with Crippen LogP contribution in [-0.4, -0.2) is 36.4 Å². The number of ether oxygens (including phenoxy) is 1. The van der Waals surface area contributed by atoms with E-state index in [2.05, 4.69) is 50.7 Å². The van der Waals surface area contributed by atoms with E-state index in [9.17, 15) is 0 Å². The maximum Gasteiger partial charge on any atom is 0.142 e. The maximum atomic E-state index is 5.49. The summed E-state index contributed by atoms with van der Waals surface area (Å²) in [6.07, 6.45) is 3.01. The molecule has 0 aliphatic carbocycles. The zero-order valence-corrected chi connectivity index (χ0v) is 13.8. The van der Waals surface area contributed by atoms with E-state index >= 15 is 0 Å². The van der Waals surface area contributed by atoms with Crippen molar-refractivity contribution >= 4 is 16.6 Å². The number of fused-ring (bicyclic) bond motifs is 1. The zero-order valence-electron chi connectivity index (χ0n) is 13.8. The Hall–Kier alpha value is -2.53. The number of methoxy groups -OCH3 is 1. The number of anilines is 1. The van der Waals surface area contributed by atoms with Gasteiger partial charge in [-0.05, 0) is 24.1 Å². The minimum Gasteiger partial charge on any atom is -0.495 e. The molecule has 0 unspecified atom stereocenters. The van der Waals surface area contributed by atoms with Crippen molar-refractivity contribution in [3.8, 4) is 5.75 Å². The van der Waals surface area contributed by atoms with Gasteiger partial charge in [-0.2, -0.15) is 5.10 Å². The van der Waals surface area contributed by atoms with Gasteiger partial charge in [0.25, 0.3) is 0 Å². The molecule has 1 aliphatic heterocycles. The molecule has 5 nitrogen and oxygen atoms in total. The number of hydrogen-bond acceptors (Lipinski definition) is 4. The Morgan fingerprint density at radius 3 is 3.08 bits per heavy atom. The molecule has 124 valence electrons. The van der Waals surface area contributed by atoms with E-state index in [0.29, 0.717) is 6.04 Å². The second-order valence-corrected chi connectivity index (χ2v) is 6.24. The fraction of sp³-hybridized carbons (Fsp3) is 0.316. The van der Waals surface area contributed by atoms with Crippen molar-refractivity contribution in [1.82, 2.24) is 15.5 Å². The molecule has 0 spiro atoms. The molecule has 2 aromatic carbocycles. The third kappa shape index (κ3) is 2.83. The summed E-state index contributed by atoms with van der Waals surface area (Å²) in [6, 6.07) is 15.0. The molecule has 1 fully saturated rings. The van der Waals surface area contributed by atoms with Crippen LogP contribution in [0.25, 0.3) is 10.9 Å². The molecular formula is C19H22N4O. The van der Waals surface area contributed by atoms with Gasteiger partial charge in [-0.3, -0.25) is 5.10 Å². The van der Waals surface area contributed by atoms with Crippen LogP contribution in [0.4, 0.5) is 5.69 Å². The van der Waals surface area contributed by atoms with E-state index in [0.717, 1.165) is 42.7 Å². The monoisotopic (exact) mass is 322 g/mol. The molecular weight excluding hydrogens is 300 g/mol. The lowest BCUT2D eigenvalue weighted by Crippen LogP contribution is -2.32. The summed E-state index contributed by atoms with van der Waals surface area (Å²) in [4.78, 5) is 2.40. The van der Waals surface area contributed by atoms with Crippen molar-refractivity contribution in [3.05, 3.63) is 54.2 Å². The molecule has 4 rings (SSSR count). The zero-order chi connectivity index (χ0) is 16.4. The molecule has 2 N–H and O–H groups in total. The Morgan fingerprint density at radius 1 is 1.25 bits per heavy atom. The molecule has 1 saturated heterocycles. The number of H-pyrrole nitrogens is 1. The quantitative estimate of drug-likeness (QED) is 0.758. The van der Waals surface area contributed by atoms with Crippen LogP contribution in [-0.2, 0) is 6.54 Å². The molecule has 1 aromatic heterocycles. The third-order valence-electron chi connectivity index (χ3n) is 4.76. The van der Waals surface area contributed by atoms with Crippen LogP contribution in [0.1, 0.15) is 12.0 Å². The van der Waals surface area contributed by atoms with E-state index in [1.807, 2.05) is 18.3 Å². The van der Waals surface area contributed by atoms with Gasteiger partial charge < -0.3 is 15.0 Å². The summed E-state index contributed by atoms with van der Waals surface area (Å²) >= 11 is 0. The minimum atomic E-state index is 0.480. The lowest BCUT2D eigenvalue weighted by molar-refractivity contribution is 0.414. The lowest BCUT2D eigenvalue weighted by Gasteiger charge is -2.21. The molecule has 5 heteroatoms. The van der Waals surface area contributed by atoms with Gasteiger partial charge in [0.1, 0.15) is 5.75 Å². The first-order valence-corrected chi connectivity index (χ1v) is 8.37. The molecule has 3 aromatic rings. The summed E-state index contributed by atoms with van der Waals surface area (Å²) in [5.41, 5.74) is 3.57. The Morgan fingerprint density at radius 2 is 2.17 bits per heavy atom. The average molecular weight is 322 g/mol. The van der Waals surface area contributed by atoms with Gasteiger partial charge in [0, 0.05) is 31.1 Å². The Kier molecular flexibility index (Phi) is 4.09. The summed E-state index contributed by atoms with van der Waals surface area (Å²) in [6.45, 7) is 2.90. The van der Waals surface area contributed by atoms with E-state index in [4.69, 9.17) is 4.74 Å². The molecule has 2 heterocycles. The second kappa shape index (κ2) is 6.53. The van der Waals surface area contributed by atoms with Crippen LogP contribution in [0.15, 0.2) is 48.7 Å². The average Bonchev–Trinajstić information content (AvgIpc) is 3.29. The van der Waals surface area contributed by atoms with Crippen LogP contribution in [0.5, 0.6) is 5.75 Å². The molecule has 0 radical (unpaired) electrons. The summed E-state index contributed by atoms with van der Waals surface area (Å²) in [5.74, 6) is 0.945. The number of benzene rings is 2. The molecule has 1 atom stereocenters. The predicted octanol–water partition coefficient (Wildman–Crippen LogP) is 2.94. The predicted molar refractivity (Wildman–Crippen MR) is 96.5 cm³/mol. The topological polar surface area (TPSA) is 53.2 Å². The van der Waals surface area contributed by atoms with Crippen molar-refractivity contribution in [2.24, 2.45) is 0 Å². The minimum absolute atomic E-state index is 0.480. The molecule has 24 heavy (non-hydrogen) atoms. The van der Waals surface area contributed by atoms with Gasteiger partial charge in [0.2, 0.25) is 0 Å². The smallest absolute Gasteiger partial charge is 0.142 e. The normalized spacial score (nSPS) is 17.5. The summed E-state index contributed by atoms with van der Waals surface area (Å²) < 4.78 is 5.49. The number of hydrogen-bond donors (Lipinski definition) is 2. The van der Waals surface area contributed by atoms with Crippen LogP contribution >= 0.6 is 0 Å². The van der Waals surface area contributed by atoms with Crippen molar-refractivity contribution in [2.45, 2.75) is 19.0 Å². The van der Waals surface area contributed by atoms with E-state index < -0.39 is 0 Å². The SMILES string of the molecule is COc1ccccc1N1CC[C@H](NCc2cccc3cn[nH]c23)C1. The Bertz CT molecular complexity index is 829. The van der Waals surface area contributed by atoms with Gasteiger partial charge in [-0.15, -0.1) is 0 Å². The first-order valence-electron chi connectivity index (χ1n) is 8.37. The molecule has 0 saturated carbocycles. The van der Waals surface area contributed by atoms with Crippen molar-refractivity contribution in [2.75, 3.05) is 25.1 Å². The molecule has 1 aliphatic rings. The Balaban J connectivity index is 1.42. The molecule has 0 amide bonds. The van der Waals surface area contributed by atoms with Gasteiger partial charge >= 0.3 is 0 Å². The summed E-state index contributed by atoms with van der Waals surface area (Å²) in [7, 11) is 1.73. The number of nitrogens with one attached hydrogen (secondary N) is 2. The van der Waals surface area contributed by atoms with Gasteiger partial charge in [0.15, 0.2) is 0 Å². The highest BCUT2D eigenvalue weighted by molar-refractivity contribution is 5.81. The first-order chi connectivity index (χ1) is 11.8. The highest BCUT2D eigenvalue weighted by Crippen LogP contribution is 2.30. The van der Waals surface area contributed by atoms with Crippen LogP contribution < -0.4 is 15.0 Å². The van der Waals surface area contributed by atoms with Crippen molar-refractivity contribution in [3.63, 3.8) is 0 Å². The van der Waals surface area contributed by atoms with Crippen molar-refractivity contribution in [1.29, 1.82) is 0 Å². The Labute approximate surface area is 141 Å². The van der Waals surface area contributed by atoms with Crippen LogP contribution in [0.3, 0.4) is 0 Å². The standard InChI is InChI=1S/C19H22N4O/c1-24-18-8-3-2-7-17(18)23-10-9-16(13-23)20-11-14-5-4-6-15-12-21-22-19(14)15/h2-8,12,16,20H,9-11,13H2,1H3,(H,21,22)/t16-/m0/s1. The van der Waals surface area contributed by atoms with E-state index in [1.165, 1.54) is 11.3 Å². The number of aromatic amines is 1. The lowest BCUT2D eigenvalue weighted by atomic mass is 10.1. The number of aromatic nitrogens is 2. The van der Waals surface area contributed by atoms with Gasteiger partial charge in [-0.25, -0.2) is 0 Å². The number of para-hydroxylation sites is 3. The fourth-order valence-electron chi connectivity index (χ4n) is 3.47. The second-order valence-electron chi connectivity index (χ2n) is 6.24. The van der Waals surface area contributed by atoms with Crippen LogP contribution in [0.2, 0.25) is 0 Å². The number of rotatable bonds is 5. The van der Waals surface area contributed by atoms with Crippen molar-refractivity contribution < 1.29 is 4.74 Å². The largest absolute Gasteiger partial charge is 0.495 e. The third-order valence-corrected chi connectivity index (χ3v) is 4.76. The number of nitrogens with zero attached hydrogens (tertiary/aromatic N) is 2. The molecule has 0 bridgehead atoms.